The maximum Gasteiger partial charge on any atom is 0.0634 e. The van der Waals surface area contributed by atoms with E-state index in [1.54, 1.807) is 11.8 Å². The van der Waals surface area contributed by atoms with Crippen molar-refractivity contribution >= 4 is 11.8 Å². The standard InChI is InChI=1S/C12H15NOS/c13-9-5-4-6-11(14)10-15-12-7-2-1-3-8-12/h1-3,7-8,11,14H,4-6,10H2. The van der Waals surface area contributed by atoms with E-state index < -0.39 is 0 Å². The van der Waals surface area contributed by atoms with Gasteiger partial charge in [0.25, 0.3) is 0 Å². The van der Waals surface area contributed by atoms with E-state index in [1.807, 2.05) is 30.3 Å². The molecule has 0 aliphatic rings. The van der Waals surface area contributed by atoms with E-state index in [4.69, 9.17) is 5.26 Å². The molecule has 0 aliphatic carbocycles. The van der Waals surface area contributed by atoms with Crippen molar-refractivity contribution in [2.45, 2.75) is 30.3 Å². The molecule has 0 radical (unpaired) electrons. The lowest BCUT2D eigenvalue weighted by molar-refractivity contribution is 0.187. The van der Waals surface area contributed by atoms with Crippen LogP contribution in [-0.2, 0) is 0 Å². The van der Waals surface area contributed by atoms with Crippen LogP contribution in [0.25, 0.3) is 0 Å². The predicted molar refractivity (Wildman–Crippen MR) is 62.6 cm³/mol. The Morgan fingerprint density at radius 1 is 1.33 bits per heavy atom. The van der Waals surface area contributed by atoms with Crippen LogP contribution < -0.4 is 0 Å². The predicted octanol–water partition coefficient (Wildman–Crippen LogP) is 2.83. The fourth-order valence-corrected chi connectivity index (χ4v) is 2.11. The van der Waals surface area contributed by atoms with Crippen molar-refractivity contribution in [2.24, 2.45) is 0 Å². The molecule has 1 rings (SSSR count). The summed E-state index contributed by atoms with van der Waals surface area (Å²) in [6, 6.07) is 12.1. The van der Waals surface area contributed by atoms with Crippen LogP contribution in [0.4, 0.5) is 0 Å². The van der Waals surface area contributed by atoms with E-state index in [0.717, 1.165) is 6.42 Å². The smallest absolute Gasteiger partial charge is 0.0634 e. The van der Waals surface area contributed by atoms with Crippen molar-refractivity contribution in [1.82, 2.24) is 0 Å². The van der Waals surface area contributed by atoms with Gasteiger partial charge in [0.05, 0.1) is 12.2 Å². The quantitative estimate of drug-likeness (QED) is 0.593. The van der Waals surface area contributed by atoms with Crippen LogP contribution in [0.1, 0.15) is 19.3 Å². The lowest BCUT2D eigenvalue weighted by atomic mass is 10.2. The lowest BCUT2D eigenvalue weighted by Crippen LogP contribution is -2.09. The maximum atomic E-state index is 9.61. The van der Waals surface area contributed by atoms with Gasteiger partial charge < -0.3 is 5.11 Å². The fourth-order valence-electron chi connectivity index (χ4n) is 1.21. The molecule has 0 amide bonds. The molecule has 1 N–H and O–H groups in total. The zero-order chi connectivity index (χ0) is 10.9. The average molecular weight is 221 g/mol. The van der Waals surface area contributed by atoms with Gasteiger partial charge in [0, 0.05) is 17.1 Å². The Bertz CT molecular complexity index is 307. The van der Waals surface area contributed by atoms with Gasteiger partial charge in [-0.2, -0.15) is 5.26 Å². The molecule has 1 aromatic carbocycles. The average Bonchev–Trinajstić information content (AvgIpc) is 2.28. The third kappa shape index (κ3) is 5.46. The first-order valence-electron chi connectivity index (χ1n) is 5.06. The molecule has 0 heterocycles. The van der Waals surface area contributed by atoms with Crippen molar-refractivity contribution in [3.63, 3.8) is 0 Å². The highest BCUT2D eigenvalue weighted by Crippen LogP contribution is 2.19. The summed E-state index contributed by atoms with van der Waals surface area (Å²) in [4.78, 5) is 1.18. The Hall–Kier alpha value is -0.980. The molecule has 2 nitrogen and oxygen atoms in total. The van der Waals surface area contributed by atoms with E-state index in [2.05, 4.69) is 6.07 Å². The molecule has 15 heavy (non-hydrogen) atoms. The Kier molecular flexibility index (Phi) is 5.91. The molecule has 80 valence electrons. The van der Waals surface area contributed by atoms with Gasteiger partial charge in [-0.05, 0) is 25.0 Å². The van der Waals surface area contributed by atoms with Crippen molar-refractivity contribution < 1.29 is 5.11 Å². The Balaban J connectivity index is 2.17. The second kappa shape index (κ2) is 7.33. The van der Waals surface area contributed by atoms with Crippen molar-refractivity contribution in [3.8, 4) is 6.07 Å². The first-order valence-corrected chi connectivity index (χ1v) is 6.04. The molecule has 0 fully saturated rings. The highest BCUT2D eigenvalue weighted by atomic mass is 32.2. The van der Waals surface area contributed by atoms with Crippen LogP contribution in [0.15, 0.2) is 35.2 Å². The Morgan fingerprint density at radius 2 is 2.07 bits per heavy atom. The number of rotatable bonds is 6. The summed E-state index contributed by atoms with van der Waals surface area (Å²) in [5.41, 5.74) is 0. The minimum Gasteiger partial charge on any atom is -0.392 e. The normalized spacial score (nSPS) is 12.0. The summed E-state index contributed by atoms with van der Waals surface area (Å²) < 4.78 is 0. The number of benzene rings is 1. The number of hydrogen-bond acceptors (Lipinski definition) is 3. The third-order valence-electron chi connectivity index (χ3n) is 2.01. The van der Waals surface area contributed by atoms with Gasteiger partial charge >= 0.3 is 0 Å². The van der Waals surface area contributed by atoms with Gasteiger partial charge in [0.2, 0.25) is 0 Å². The summed E-state index contributed by atoms with van der Waals surface area (Å²) in [5.74, 6) is 0.704. The van der Waals surface area contributed by atoms with Crippen molar-refractivity contribution in [2.75, 3.05) is 5.75 Å². The second-order valence-corrected chi connectivity index (χ2v) is 4.42. The van der Waals surface area contributed by atoms with Crippen LogP contribution >= 0.6 is 11.8 Å². The summed E-state index contributed by atoms with van der Waals surface area (Å²) in [7, 11) is 0. The van der Waals surface area contributed by atoms with Gasteiger partial charge in [-0.1, -0.05) is 18.2 Å². The number of hydrogen-bond donors (Lipinski definition) is 1. The number of nitriles is 1. The summed E-state index contributed by atoms with van der Waals surface area (Å²) in [6.07, 6.45) is 1.73. The van der Waals surface area contributed by atoms with E-state index in [0.29, 0.717) is 18.6 Å². The molecule has 3 heteroatoms. The van der Waals surface area contributed by atoms with Gasteiger partial charge in [-0.25, -0.2) is 0 Å². The fraction of sp³-hybridized carbons (Fsp3) is 0.417. The SMILES string of the molecule is N#CCCCC(O)CSc1ccccc1. The molecule has 0 aromatic heterocycles. The monoisotopic (exact) mass is 221 g/mol. The van der Waals surface area contributed by atoms with E-state index in [9.17, 15) is 5.11 Å². The highest BCUT2D eigenvalue weighted by molar-refractivity contribution is 7.99. The number of thioether (sulfide) groups is 1. The Labute approximate surface area is 94.9 Å². The highest BCUT2D eigenvalue weighted by Gasteiger charge is 2.04. The van der Waals surface area contributed by atoms with Gasteiger partial charge in [0.15, 0.2) is 0 Å². The first kappa shape index (κ1) is 12.1. The molecule has 1 atom stereocenters. The van der Waals surface area contributed by atoms with Crippen LogP contribution in [-0.4, -0.2) is 17.0 Å². The summed E-state index contributed by atoms with van der Waals surface area (Å²) >= 11 is 1.65. The van der Waals surface area contributed by atoms with Crippen molar-refractivity contribution in [1.29, 1.82) is 5.26 Å². The van der Waals surface area contributed by atoms with E-state index >= 15 is 0 Å². The van der Waals surface area contributed by atoms with E-state index in [1.165, 1.54) is 4.90 Å². The summed E-state index contributed by atoms with van der Waals surface area (Å²) in [5, 5.41) is 18.0. The first-order chi connectivity index (χ1) is 7.33. The second-order valence-electron chi connectivity index (χ2n) is 3.33. The number of unbranched alkanes of at least 4 members (excludes halogenated alkanes) is 1. The zero-order valence-corrected chi connectivity index (χ0v) is 9.41. The van der Waals surface area contributed by atoms with Gasteiger partial charge in [-0.3, -0.25) is 0 Å². The molecule has 0 aliphatic heterocycles. The zero-order valence-electron chi connectivity index (χ0n) is 8.60. The molecule has 0 saturated heterocycles. The van der Waals surface area contributed by atoms with Crippen LogP contribution in [0, 0.1) is 11.3 Å². The molecular weight excluding hydrogens is 206 g/mol. The molecule has 0 saturated carbocycles. The van der Waals surface area contributed by atoms with Gasteiger partial charge in [0.1, 0.15) is 0 Å². The number of nitrogens with zero attached hydrogens (tertiary/aromatic N) is 1. The Morgan fingerprint density at radius 3 is 2.73 bits per heavy atom. The van der Waals surface area contributed by atoms with Crippen LogP contribution in [0.3, 0.4) is 0 Å². The topological polar surface area (TPSA) is 44.0 Å². The van der Waals surface area contributed by atoms with Gasteiger partial charge in [-0.15, -0.1) is 11.8 Å². The molecule has 0 spiro atoms. The van der Waals surface area contributed by atoms with Crippen LogP contribution in [0.5, 0.6) is 0 Å². The summed E-state index contributed by atoms with van der Waals surface area (Å²) in [6.45, 7) is 0. The largest absolute Gasteiger partial charge is 0.392 e. The number of aliphatic hydroxyl groups is 1. The molecular formula is C12H15NOS. The van der Waals surface area contributed by atoms with Crippen molar-refractivity contribution in [3.05, 3.63) is 30.3 Å². The minimum atomic E-state index is -0.302. The van der Waals surface area contributed by atoms with Crippen LogP contribution in [0.2, 0.25) is 0 Å². The molecule has 1 unspecified atom stereocenters. The molecule has 0 bridgehead atoms. The molecule has 1 aromatic rings. The number of aliphatic hydroxyl groups excluding tert-OH is 1. The third-order valence-corrected chi connectivity index (χ3v) is 3.17. The van der Waals surface area contributed by atoms with E-state index in [-0.39, 0.29) is 6.10 Å². The minimum absolute atomic E-state index is 0.302. The lowest BCUT2D eigenvalue weighted by Gasteiger charge is -2.08. The maximum absolute atomic E-state index is 9.61.